The smallest absolute Gasteiger partial charge is 0.347 e. The first-order valence-corrected chi connectivity index (χ1v) is 15.6. The number of amides is 1. The lowest BCUT2D eigenvalue weighted by Crippen LogP contribution is -2.40. The number of likely N-dealkylation sites (tertiary alicyclic amines) is 1. The van der Waals surface area contributed by atoms with Crippen LogP contribution in [0.1, 0.15) is 63.6 Å². The van der Waals surface area contributed by atoms with Crippen LogP contribution in [0.3, 0.4) is 0 Å². The number of para-hydroxylation sites is 1. The van der Waals surface area contributed by atoms with Crippen molar-refractivity contribution in [2.75, 3.05) is 32.7 Å². The van der Waals surface area contributed by atoms with Crippen LogP contribution in [0.4, 0.5) is 0 Å². The number of rotatable bonds is 14. The average molecular weight is 601 g/mol. The van der Waals surface area contributed by atoms with Gasteiger partial charge in [0.05, 0.1) is 29.6 Å². The van der Waals surface area contributed by atoms with Gasteiger partial charge >= 0.3 is 5.97 Å². The Hall–Kier alpha value is -4.02. The number of carboxylic acid groups (broad SMARTS) is 1. The molecular formula is C34H44N6O4. The van der Waals surface area contributed by atoms with Crippen molar-refractivity contribution in [3.05, 3.63) is 66.1 Å². The summed E-state index contributed by atoms with van der Waals surface area (Å²) in [4.78, 5) is 39.1. The molecule has 0 bridgehead atoms. The highest BCUT2D eigenvalue weighted by atomic mass is 16.5. The lowest BCUT2D eigenvalue weighted by Gasteiger charge is -2.26. The van der Waals surface area contributed by atoms with Crippen LogP contribution < -0.4 is 10.5 Å². The minimum atomic E-state index is -1.36. The minimum absolute atomic E-state index is 0.0899. The summed E-state index contributed by atoms with van der Waals surface area (Å²) in [6, 6.07) is 15.5. The molecule has 1 fully saturated rings. The highest BCUT2D eigenvalue weighted by Gasteiger charge is 2.29. The number of ether oxygens (including phenoxy) is 1. The second-order valence-corrected chi connectivity index (χ2v) is 12.3. The molecule has 4 aromatic rings. The average Bonchev–Trinajstić information content (AvgIpc) is 3.67. The number of aliphatic carboxylic acids is 1. The van der Waals surface area contributed by atoms with Gasteiger partial charge in [-0.15, -0.1) is 0 Å². The zero-order valence-electron chi connectivity index (χ0n) is 26.0. The molecule has 10 heteroatoms. The van der Waals surface area contributed by atoms with E-state index in [1.54, 1.807) is 6.07 Å². The Balaban J connectivity index is 1.36. The summed E-state index contributed by atoms with van der Waals surface area (Å²) in [5.41, 5.74) is 9.30. The predicted molar refractivity (Wildman–Crippen MR) is 172 cm³/mol. The van der Waals surface area contributed by atoms with Gasteiger partial charge in [0.1, 0.15) is 11.3 Å². The number of hydrogen-bond donors (Lipinski definition) is 2. The van der Waals surface area contributed by atoms with E-state index < -0.39 is 11.6 Å². The molecule has 44 heavy (non-hydrogen) atoms. The molecule has 0 spiro atoms. The highest BCUT2D eigenvalue weighted by molar-refractivity contribution is 6.03. The van der Waals surface area contributed by atoms with Gasteiger partial charge in [-0.1, -0.05) is 37.3 Å². The lowest BCUT2D eigenvalue weighted by molar-refractivity contribution is -0.152. The molecule has 2 aromatic heterocycles. The molecule has 5 rings (SSSR count). The Labute approximate surface area is 258 Å². The van der Waals surface area contributed by atoms with Crippen molar-refractivity contribution < 1.29 is 19.4 Å². The van der Waals surface area contributed by atoms with Crippen molar-refractivity contribution in [1.82, 2.24) is 24.3 Å². The fraction of sp³-hybridized carbons (Fsp3) is 0.471. The van der Waals surface area contributed by atoms with Crippen molar-refractivity contribution in [3.8, 4) is 5.75 Å². The van der Waals surface area contributed by atoms with Gasteiger partial charge in [0.2, 0.25) is 5.91 Å². The van der Waals surface area contributed by atoms with E-state index in [1.165, 1.54) is 13.8 Å². The molecule has 3 heterocycles. The van der Waals surface area contributed by atoms with Crippen LogP contribution in [-0.4, -0.2) is 79.6 Å². The number of nitrogens with two attached hydrogens (primary N) is 1. The van der Waals surface area contributed by atoms with E-state index in [2.05, 4.69) is 22.5 Å². The number of nitrogens with zero attached hydrogens (tertiary/aromatic N) is 5. The number of fused-ring (bicyclic) bond motifs is 3. The molecule has 3 N–H and O–H groups in total. The fourth-order valence-electron chi connectivity index (χ4n) is 5.93. The normalized spacial score (nSPS) is 14.7. The van der Waals surface area contributed by atoms with E-state index in [1.807, 2.05) is 47.6 Å². The second kappa shape index (κ2) is 13.7. The lowest BCUT2D eigenvalue weighted by atomic mass is 10.0. The van der Waals surface area contributed by atoms with E-state index in [-0.39, 0.29) is 11.8 Å². The van der Waals surface area contributed by atoms with Gasteiger partial charge in [-0.2, -0.15) is 0 Å². The molecule has 10 nitrogen and oxygen atoms in total. The number of pyridine rings is 1. The van der Waals surface area contributed by atoms with Crippen LogP contribution >= 0.6 is 0 Å². The Bertz CT molecular complexity index is 1610. The van der Waals surface area contributed by atoms with E-state index >= 15 is 0 Å². The third-order valence-electron chi connectivity index (χ3n) is 8.44. The van der Waals surface area contributed by atoms with Gasteiger partial charge in [-0.3, -0.25) is 14.7 Å². The third-order valence-corrected chi connectivity index (χ3v) is 8.44. The summed E-state index contributed by atoms with van der Waals surface area (Å²) in [5, 5.41) is 10.6. The number of carboxylic acids is 1. The van der Waals surface area contributed by atoms with Gasteiger partial charge in [0.25, 0.3) is 0 Å². The topological polar surface area (TPSA) is 127 Å². The Morgan fingerprint density at radius 3 is 2.66 bits per heavy atom. The number of aryl methyl sites for hydroxylation is 1. The van der Waals surface area contributed by atoms with Gasteiger partial charge < -0.3 is 25.0 Å². The van der Waals surface area contributed by atoms with Crippen LogP contribution in [0.15, 0.2) is 54.9 Å². The Kier molecular flexibility index (Phi) is 9.80. The van der Waals surface area contributed by atoms with E-state index in [4.69, 9.17) is 20.4 Å². The maximum absolute atomic E-state index is 13.6. The van der Waals surface area contributed by atoms with Crippen LogP contribution in [-0.2, 0) is 22.7 Å². The van der Waals surface area contributed by atoms with E-state index in [0.717, 1.165) is 72.0 Å². The van der Waals surface area contributed by atoms with Gasteiger partial charge in [0, 0.05) is 30.9 Å². The quantitative estimate of drug-likeness (QED) is 0.212. The first-order chi connectivity index (χ1) is 21.2. The van der Waals surface area contributed by atoms with Gasteiger partial charge in [0.15, 0.2) is 5.60 Å². The largest absolute Gasteiger partial charge is 0.478 e. The van der Waals surface area contributed by atoms with E-state index in [9.17, 15) is 14.7 Å². The Morgan fingerprint density at radius 2 is 1.91 bits per heavy atom. The summed E-state index contributed by atoms with van der Waals surface area (Å²) < 4.78 is 7.95. The van der Waals surface area contributed by atoms with Crippen molar-refractivity contribution >= 4 is 33.8 Å². The number of imidazole rings is 1. The molecule has 0 radical (unpaired) electrons. The van der Waals surface area contributed by atoms with Crippen molar-refractivity contribution in [2.45, 2.75) is 71.1 Å². The molecule has 0 aliphatic carbocycles. The zero-order valence-corrected chi connectivity index (χ0v) is 26.0. The number of hydrogen-bond acceptors (Lipinski definition) is 7. The summed E-state index contributed by atoms with van der Waals surface area (Å²) in [6.45, 7) is 9.74. The molecule has 1 atom stereocenters. The highest BCUT2D eigenvalue weighted by Crippen LogP contribution is 2.31. The summed E-state index contributed by atoms with van der Waals surface area (Å²) in [5.74, 6) is -0.296. The molecule has 2 aromatic carbocycles. The molecule has 1 saturated heterocycles. The summed E-state index contributed by atoms with van der Waals surface area (Å²) in [7, 11) is 0. The van der Waals surface area contributed by atoms with Crippen LogP contribution in [0.5, 0.6) is 5.75 Å². The fourth-order valence-corrected chi connectivity index (χ4v) is 5.93. The molecule has 1 aliphatic rings. The van der Waals surface area contributed by atoms with Crippen LogP contribution in [0.25, 0.3) is 21.9 Å². The summed E-state index contributed by atoms with van der Waals surface area (Å²) >= 11 is 0. The molecule has 234 valence electrons. The number of benzene rings is 2. The second-order valence-electron chi connectivity index (χ2n) is 12.3. The molecule has 1 unspecified atom stereocenters. The van der Waals surface area contributed by atoms with Gasteiger partial charge in [-0.25, -0.2) is 9.78 Å². The monoisotopic (exact) mass is 600 g/mol. The maximum atomic E-state index is 13.6. The van der Waals surface area contributed by atoms with Crippen molar-refractivity contribution in [2.24, 2.45) is 5.73 Å². The van der Waals surface area contributed by atoms with Crippen molar-refractivity contribution in [3.63, 3.8) is 0 Å². The maximum Gasteiger partial charge on any atom is 0.347 e. The van der Waals surface area contributed by atoms with Gasteiger partial charge in [-0.05, 0) is 82.9 Å². The van der Waals surface area contributed by atoms with Crippen LogP contribution in [0.2, 0.25) is 0 Å². The standard InChI is InChI=1S/C34H44N6O4/c1-24(14-15-35)30-31-32(27-12-4-5-13-28(27)37-30)40(23-36-31)19-9-18-39(29(41)22-38-16-6-7-17-38)21-25-10-8-11-26(20-25)44-34(2,3)33(42)43/h4-5,8,10-13,20,23-24H,6-7,9,14-19,21-22,35H2,1-3H3,(H,42,43). The number of carbonyl (C=O) groups is 2. The minimum Gasteiger partial charge on any atom is -0.478 e. The SMILES string of the molecule is CC(CCN)c1nc2ccccc2c2c1ncn2CCCN(Cc1cccc(OC(C)(C)C(=O)O)c1)C(=O)CN1CCCC1. The van der Waals surface area contributed by atoms with Crippen molar-refractivity contribution in [1.29, 1.82) is 0 Å². The molecular weight excluding hydrogens is 556 g/mol. The molecule has 1 amide bonds. The first-order valence-electron chi connectivity index (χ1n) is 15.6. The number of aromatic nitrogens is 3. The van der Waals surface area contributed by atoms with E-state index in [0.29, 0.717) is 38.5 Å². The Morgan fingerprint density at radius 1 is 1.14 bits per heavy atom. The molecule has 1 aliphatic heterocycles. The predicted octanol–water partition coefficient (Wildman–Crippen LogP) is 4.79. The van der Waals surface area contributed by atoms with Crippen LogP contribution in [0, 0.1) is 0 Å². The summed E-state index contributed by atoms with van der Waals surface area (Å²) in [6.07, 6.45) is 5.70. The first kappa shape index (κ1) is 31.4. The molecule has 0 saturated carbocycles. The third kappa shape index (κ3) is 7.19. The number of carbonyl (C=O) groups excluding carboxylic acids is 1. The zero-order chi connectivity index (χ0) is 31.3.